The molecule has 0 aliphatic carbocycles. The van der Waals surface area contributed by atoms with Gasteiger partial charge in [0.05, 0.1) is 0 Å². The van der Waals surface area contributed by atoms with E-state index in [0.717, 1.165) is 30.4 Å². The Balaban J connectivity index is 2.21. The fourth-order valence-electron chi connectivity index (χ4n) is 1.71. The Morgan fingerprint density at radius 2 is 2.24 bits per heavy atom. The van der Waals surface area contributed by atoms with E-state index in [9.17, 15) is 0 Å². The van der Waals surface area contributed by atoms with Gasteiger partial charge in [-0.1, -0.05) is 0 Å². The molecule has 2 heterocycles. The zero-order valence-electron chi connectivity index (χ0n) is 9.85. The van der Waals surface area contributed by atoms with E-state index in [1.54, 1.807) is 7.11 Å². The highest BCUT2D eigenvalue weighted by molar-refractivity contribution is 7.99. The van der Waals surface area contributed by atoms with Gasteiger partial charge in [0.1, 0.15) is 18.2 Å². The van der Waals surface area contributed by atoms with Crippen LogP contribution in [0.3, 0.4) is 0 Å². The zero-order chi connectivity index (χ0) is 12.1. The first kappa shape index (κ1) is 12.4. The second kappa shape index (κ2) is 6.04. The molecule has 1 aromatic rings. The summed E-state index contributed by atoms with van der Waals surface area (Å²) in [4.78, 5) is 11.0. The Kier molecular flexibility index (Phi) is 4.41. The standard InChI is InChI=1S/C10H17N5OS/c1-16-7-9-12-8(14-11)6-10(13-9)15-2-4-17-5-3-15/h6H,2-5,7,11H2,1H3,(H,12,13,14). The number of hydrogen-bond acceptors (Lipinski definition) is 7. The molecule has 1 saturated heterocycles. The van der Waals surface area contributed by atoms with Gasteiger partial charge in [0.2, 0.25) is 0 Å². The van der Waals surface area contributed by atoms with E-state index in [-0.39, 0.29) is 0 Å². The van der Waals surface area contributed by atoms with E-state index in [2.05, 4.69) is 20.3 Å². The first-order valence-corrected chi connectivity index (χ1v) is 6.65. The van der Waals surface area contributed by atoms with Crippen LogP contribution in [0.1, 0.15) is 5.82 Å². The van der Waals surface area contributed by atoms with Gasteiger partial charge in [0, 0.05) is 37.8 Å². The summed E-state index contributed by atoms with van der Waals surface area (Å²) in [5.41, 5.74) is 2.57. The number of rotatable bonds is 4. The summed E-state index contributed by atoms with van der Waals surface area (Å²) in [6, 6.07) is 1.87. The maximum absolute atomic E-state index is 5.41. The van der Waals surface area contributed by atoms with Crippen LogP contribution in [-0.2, 0) is 11.3 Å². The fourth-order valence-corrected chi connectivity index (χ4v) is 2.61. The van der Waals surface area contributed by atoms with E-state index in [4.69, 9.17) is 10.6 Å². The van der Waals surface area contributed by atoms with Crippen LogP contribution < -0.4 is 16.2 Å². The van der Waals surface area contributed by atoms with Gasteiger partial charge in [-0.2, -0.15) is 11.8 Å². The van der Waals surface area contributed by atoms with E-state index in [0.29, 0.717) is 18.2 Å². The van der Waals surface area contributed by atoms with Gasteiger partial charge < -0.3 is 15.1 Å². The smallest absolute Gasteiger partial charge is 0.158 e. The second-order valence-electron chi connectivity index (χ2n) is 3.70. The minimum atomic E-state index is 0.394. The number of nitrogens with zero attached hydrogens (tertiary/aromatic N) is 3. The van der Waals surface area contributed by atoms with Crippen molar-refractivity contribution in [3.05, 3.63) is 11.9 Å². The van der Waals surface area contributed by atoms with Crippen LogP contribution in [0.15, 0.2) is 6.07 Å². The van der Waals surface area contributed by atoms with E-state index < -0.39 is 0 Å². The Morgan fingerprint density at radius 3 is 2.88 bits per heavy atom. The number of nitrogens with two attached hydrogens (primary N) is 1. The van der Waals surface area contributed by atoms with Crippen LogP contribution in [0.25, 0.3) is 0 Å². The maximum Gasteiger partial charge on any atom is 0.158 e. The van der Waals surface area contributed by atoms with Gasteiger partial charge in [-0.3, -0.25) is 0 Å². The lowest BCUT2D eigenvalue weighted by Gasteiger charge is -2.27. The maximum atomic E-state index is 5.41. The Hall–Kier alpha value is -1.05. The molecule has 0 atom stereocenters. The van der Waals surface area contributed by atoms with Crippen molar-refractivity contribution in [1.29, 1.82) is 0 Å². The van der Waals surface area contributed by atoms with E-state index in [1.165, 1.54) is 0 Å². The molecule has 0 spiro atoms. The highest BCUT2D eigenvalue weighted by Crippen LogP contribution is 2.19. The molecule has 2 rings (SSSR count). The van der Waals surface area contributed by atoms with Crippen molar-refractivity contribution >= 4 is 23.4 Å². The first-order chi connectivity index (χ1) is 8.33. The second-order valence-corrected chi connectivity index (χ2v) is 4.93. The molecule has 1 aliphatic heterocycles. The lowest BCUT2D eigenvalue weighted by Crippen LogP contribution is -2.33. The Labute approximate surface area is 105 Å². The molecule has 0 aromatic carbocycles. The molecule has 3 N–H and O–H groups in total. The summed E-state index contributed by atoms with van der Waals surface area (Å²) in [6.45, 7) is 2.42. The quantitative estimate of drug-likeness (QED) is 0.598. The van der Waals surface area contributed by atoms with Gasteiger partial charge in [-0.05, 0) is 0 Å². The molecule has 7 heteroatoms. The molecule has 0 unspecified atom stereocenters. The fraction of sp³-hybridized carbons (Fsp3) is 0.600. The number of nitrogen functional groups attached to an aromatic ring is 1. The Bertz CT molecular complexity index is 370. The number of methoxy groups -OCH3 is 1. The summed E-state index contributed by atoms with van der Waals surface area (Å²) >= 11 is 1.97. The van der Waals surface area contributed by atoms with Crippen LogP contribution in [0.5, 0.6) is 0 Å². The number of hydrazine groups is 1. The first-order valence-electron chi connectivity index (χ1n) is 5.49. The predicted octanol–water partition coefficient (Wildman–Crippen LogP) is 0.462. The van der Waals surface area contributed by atoms with Crippen LogP contribution in [-0.4, -0.2) is 41.7 Å². The summed E-state index contributed by atoms with van der Waals surface area (Å²) < 4.78 is 5.05. The van der Waals surface area contributed by atoms with Crippen LogP contribution >= 0.6 is 11.8 Å². The molecule has 6 nitrogen and oxygen atoms in total. The largest absolute Gasteiger partial charge is 0.377 e. The average molecular weight is 255 g/mol. The minimum Gasteiger partial charge on any atom is -0.377 e. The summed E-state index contributed by atoms with van der Waals surface area (Å²) in [7, 11) is 1.63. The molecule has 1 aliphatic rings. The van der Waals surface area contributed by atoms with Crippen molar-refractivity contribution in [2.24, 2.45) is 5.84 Å². The van der Waals surface area contributed by atoms with Crippen LogP contribution in [0, 0.1) is 0 Å². The lowest BCUT2D eigenvalue weighted by atomic mass is 10.4. The SMILES string of the molecule is COCc1nc(NN)cc(N2CCSCC2)n1. The van der Waals surface area contributed by atoms with Gasteiger partial charge in [0.15, 0.2) is 5.82 Å². The molecule has 0 saturated carbocycles. The summed E-state index contributed by atoms with van der Waals surface area (Å²) in [5, 5.41) is 0. The molecular formula is C10H17N5OS. The molecule has 0 bridgehead atoms. The molecule has 1 aromatic heterocycles. The number of nitrogens with one attached hydrogen (secondary N) is 1. The number of anilines is 2. The summed E-state index contributed by atoms with van der Waals surface area (Å²) in [6.07, 6.45) is 0. The highest BCUT2D eigenvalue weighted by Gasteiger charge is 2.14. The zero-order valence-corrected chi connectivity index (χ0v) is 10.7. The third-order valence-electron chi connectivity index (χ3n) is 2.52. The molecule has 1 fully saturated rings. The van der Waals surface area contributed by atoms with Crippen molar-refractivity contribution in [1.82, 2.24) is 9.97 Å². The molecule has 17 heavy (non-hydrogen) atoms. The van der Waals surface area contributed by atoms with E-state index >= 15 is 0 Å². The van der Waals surface area contributed by atoms with Crippen molar-refractivity contribution in [3.8, 4) is 0 Å². The van der Waals surface area contributed by atoms with Gasteiger partial charge >= 0.3 is 0 Å². The van der Waals surface area contributed by atoms with Crippen molar-refractivity contribution in [3.63, 3.8) is 0 Å². The predicted molar refractivity (Wildman–Crippen MR) is 70.1 cm³/mol. The number of aromatic nitrogens is 2. The van der Waals surface area contributed by atoms with Crippen molar-refractivity contribution in [2.45, 2.75) is 6.61 Å². The number of thioether (sulfide) groups is 1. The molecule has 0 amide bonds. The molecule has 94 valence electrons. The van der Waals surface area contributed by atoms with Crippen LogP contribution in [0.4, 0.5) is 11.6 Å². The molecule has 0 radical (unpaired) electrons. The lowest BCUT2D eigenvalue weighted by molar-refractivity contribution is 0.178. The van der Waals surface area contributed by atoms with Crippen LogP contribution in [0.2, 0.25) is 0 Å². The third kappa shape index (κ3) is 3.21. The number of ether oxygens (including phenoxy) is 1. The van der Waals surface area contributed by atoms with Gasteiger partial charge in [0.25, 0.3) is 0 Å². The monoisotopic (exact) mass is 255 g/mol. The van der Waals surface area contributed by atoms with Crippen molar-refractivity contribution in [2.75, 3.05) is 42.0 Å². The van der Waals surface area contributed by atoms with Gasteiger partial charge in [-0.15, -0.1) is 0 Å². The van der Waals surface area contributed by atoms with Crippen molar-refractivity contribution < 1.29 is 4.74 Å². The minimum absolute atomic E-state index is 0.394. The average Bonchev–Trinajstić information content (AvgIpc) is 2.40. The third-order valence-corrected chi connectivity index (χ3v) is 3.46. The van der Waals surface area contributed by atoms with Gasteiger partial charge in [-0.25, -0.2) is 15.8 Å². The van der Waals surface area contributed by atoms with E-state index in [1.807, 2.05) is 17.8 Å². The summed E-state index contributed by atoms with van der Waals surface area (Å²) in [5.74, 6) is 9.87. The molecular weight excluding hydrogens is 238 g/mol. The number of hydrogen-bond donors (Lipinski definition) is 2. The highest BCUT2D eigenvalue weighted by atomic mass is 32.2. The Morgan fingerprint density at radius 1 is 1.47 bits per heavy atom. The topological polar surface area (TPSA) is 76.3 Å². The normalized spacial score (nSPS) is 16.0.